The van der Waals surface area contributed by atoms with Crippen molar-refractivity contribution in [2.24, 2.45) is 7.05 Å². The Bertz CT molecular complexity index is 1190. The van der Waals surface area contributed by atoms with Crippen molar-refractivity contribution in [1.82, 2.24) is 24.6 Å². The van der Waals surface area contributed by atoms with E-state index in [0.717, 1.165) is 11.4 Å². The van der Waals surface area contributed by atoms with Gasteiger partial charge in [0.2, 0.25) is 12.0 Å². The molecule has 3 aromatic rings. The highest BCUT2D eigenvalue weighted by molar-refractivity contribution is 7.99. The molecule has 1 unspecified atom stereocenters. The molecular weight excluding hydrogens is 466 g/mol. The molecule has 10 heteroatoms. The number of aromatic nitrogens is 3. The van der Waals surface area contributed by atoms with Gasteiger partial charge in [0, 0.05) is 39.6 Å². The molecule has 2 aliphatic rings. The largest absolute Gasteiger partial charge is 0.485 e. The van der Waals surface area contributed by atoms with Crippen LogP contribution in [0.1, 0.15) is 11.4 Å². The highest BCUT2D eigenvalue weighted by Crippen LogP contribution is 2.31. The first kappa shape index (κ1) is 23.2. The van der Waals surface area contributed by atoms with Gasteiger partial charge in [0.15, 0.2) is 16.7 Å². The van der Waals surface area contributed by atoms with Crippen LogP contribution in [0.4, 0.5) is 0 Å². The summed E-state index contributed by atoms with van der Waals surface area (Å²) in [7, 11) is 1.92. The second kappa shape index (κ2) is 10.4. The van der Waals surface area contributed by atoms with E-state index in [1.54, 1.807) is 15.9 Å². The molecule has 1 atom stereocenters. The molecule has 182 valence electrons. The Morgan fingerprint density at radius 3 is 2.40 bits per heavy atom. The predicted octanol–water partition coefficient (Wildman–Crippen LogP) is 2.01. The number of nitrogens with zero attached hydrogens (tertiary/aromatic N) is 5. The van der Waals surface area contributed by atoms with E-state index in [-0.39, 0.29) is 24.2 Å². The molecular formula is C25H27N5O4S. The first-order valence-electron chi connectivity index (χ1n) is 11.6. The van der Waals surface area contributed by atoms with Crippen molar-refractivity contribution in [3.8, 4) is 11.5 Å². The summed E-state index contributed by atoms with van der Waals surface area (Å²) in [4.78, 5) is 29.3. The van der Waals surface area contributed by atoms with Crippen molar-refractivity contribution < 1.29 is 19.1 Å². The summed E-state index contributed by atoms with van der Waals surface area (Å²) in [6, 6.07) is 17.4. The average Bonchev–Trinajstić information content (AvgIpc) is 3.25. The summed E-state index contributed by atoms with van der Waals surface area (Å²) in [5.74, 6) is 2.29. The molecule has 0 bridgehead atoms. The quantitative estimate of drug-likeness (QED) is 0.485. The SMILES string of the molecule is Cn1c(Cc2ccccc2)nnc1SCC(=O)N1CCN(C(=O)C2COc3ccccc3O2)CC1. The van der Waals surface area contributed by atoms with Crippen LogP contribution in [-0.2, 0) is 23.1 Å². The standard InChI is InChI=1S/C25H27N5O4S/c1-28-22(15-18-7-3-2-4-8-18)26-27-25(28)35-17-23(31)29-11-13-30(14-12-29)24(32)21-16-33-19-9-5-6-10-20(19)34-21/h2-10,21H,11-17H2,1H3. The smallest absolute Gasteiger partial charge is 0.267 e. The summed E-state index contributed by atoms with van der Waals surface area (Å²) >= 11 is 1.38. The molecule has 0 N–H and O–H groups in total. The van der Waals surface area contributed by atoms with Crippen molar-refractivity contribution in [3.05, 3.63) is 66.0 Å². The Kier molecular flexibility index (Phi) is 6.89. The van der Waals surface area contributed by atoms with E-state index in [1.165, 1.54) is 11.8 Å². The first-order chi connectivity index (χ1) is 17.1. The summed E-state index contributed by atoms with van der Waals surface area (Å²) in [6.07, 6.45) is 0.0274. The molecule has 1 fully saturated rings. The summed E-state index contributed by atoms with van der Waals surface area (Å²) in [5, 5.41) is 9.26. The number of carbonyl (C=O) groups excluding carboxylic acids is 2. The lowest BCUT2D eigenvalue weighted by Crippen LogP contribution is -2.55. The van der Waals surface area contributed by atoms with Crippen LogP contribution >= 0.6 is 11.8 Å². The number of para-hydroxylation sites is 2. The minimum Gasteiger partial charge on any atom is -0.485 e. The molecule has 1 aromatic heterocycles. The summed E-state index contributed by atoms with van der Waals surface area (Å²) in [5.41, 5.74) is 1.16. The lowest BCUT2D eigenvalue weighted by atomic mass is 10.1. The Hall–Kier alpha value is -3.53. The van der Waals surface area contributed by atoms with Crippen molar-refractivity contribution in [3.63, 3.8) is 0 Å². The van der Waals surface area contributed by atoms with Gasteiger partial charge in [-0.2, -0.15) is 0 Å². The van der Waals surface area contributed by atoms with Crippen molar-refractivity contribution in [1.29, 1.82) is 0 Å². The van der Waals surface area contributed by atoms with E-state index < -0.39 is 6.10 Å². The van der Waals surface area contributed by atoms with Crippen LogP contribution in [0.2, 0.25) is 0 Å². The zero-order chi connectivity index (χ0) is 24.2. The molecule has 2 aromatic carbocycles. The van der Waals surface area contributed by atoms with E-state index >= 15 is 0 Å². The molecule has 5 rings (SSSR count). The van der Waals surface area contributed by atoms with Crippen LogP contribution in [-0.4, -0.2) is 81.0 Å². The Balaban J connectivity index is 1.09. The van der Waals surface area contributed by atoms with E-state index in [2.05, 4.69) is 22.3 Å². The van der Waals surface area contributed by atoms with Gasteiger partial charge in [-0.05, 0) is 17.7 Å². The Morgan fingerprint density at radius 1 is 0.943 bits per heavy atom. The van der Waals surface area contributed by atoms with Crippen LogP contribution in [0.15, 0.2) is 59.8 Å². The third-order valence-electron chi connectivity index (χ3n) is 6.18. The number of hydrogen-bond donors (Lipinski definition) is 0. The van der Waals surface area contributed by atoms with Gasteiger partial charge in [-0.15, -0.1) is 10.2 Å². The van der Waals surface area contributed by atoms with Gasteiger partial charge < -0.3 is 23.8 Å². The molecule has 0 aliphatic carbocycles. The molecule has 2 amide bonds. The molecule has 0 saturated carbocycles. The zero-order valence-electron chi connectivity index (χ0n) is 19.5. The van der Waals surface area contributed by atoms with E-state index in [1.807, 2.05) is 48.0 Å². The van der Waals surface area contributed by atoms with Crippen molar-refractivity contribution in [2.75, 3.05) is 38.5 Å². The number of carbonyl (C=O) groups is 2. The van der Waals surface area contributed by atoms with Crippen molar-refractivity contribution in [2.45, 2.75) is 17.7 Å². The van der Waals surface area contributed by atoms with Crippen LogP contribution in [0, 0.1) is 0 Å². The third-order valence-corrected chi connectivity index (χ3v) is 7.19. The minimum absolute atomic E-state index is 0.0286. The number of amides is 2. The Labute approximate surface area is 208 Å². The number of rotatable bonds is 6. The van der Waals surface area contributed by atoms with Gasteiger partial charge >= 0.3 is 0 Å². The third kappa shape index (κ3) is 5.27. The maximum atomic E-state index is 12.9. The topological polar surface area (TPSA) is 89.8 Å². The van der Waals surface area contributed by atoms with Gasteiger partial charge in [0.05, 0.1) is 5.75 Å². The number of ether oxygens (including phenoxy) is 2. The van der Waals surface area contributed by atoms with Crippen LogP contribution in [0.5, 0.6) is 11.5 Å². The van der Waals surface area contributed by atoms with Gasteiger partial charge in [0.25, 0.3) is 5.91 Å². The lowest BCUT2D eigenvalue weighted by molar-refractivity contribution is -0.145. The number of piperazine rings is 1. The maximum Gasteiger partial charge on any atom is 0.267 e. The molecule has 1 saturated heterocycles. The maximum absolute atomic E-state index is 12.9. The number of fused-ring (bicyclic) bond motifs is 1. The highest BCUT2D eigenvalue weighted by Gasteiger charge is 2.33. The first-order valence-corrected chi connectivity index (χ1v) is 12.6. The van der Waals surface area contributed by atoms with Crippen LogP contribution in [0.25, 0.3) is 0 Å². The molecule has 35 heavy (non-hydrogen) atoms. The van der Waals surface area contributed by atoms with Gasteiger partial charge in [-0.3, -0.25) is 9.59 Å². The molecule has 3 heterocycles. The minimum atomic E-state index is -0.663. The van der Waals surface area contributed by atoms with Gasteiger partial charge in [-0.25, -0.2) is 0 Å². The van der Waals surface area contributed by atoms with E-state index in [9.17, 15) is 9.59 Å². The fraction of sp³-hybridized carbons (Fsp3) is 0.360. The zero-order valence-corrected chi connectivity index (χ0v) is 20.3. The molecule has 0 radical (unpaired) electrons. The Morgan fingerprint density at radius 2 is 1.63 bits per heavy atom. The fourth-order valence-corrected chi connectivity index (χ4v) is 4.97. The fourth-order valence-electron chi connectivity index (χ4n) is 4.14. The average molecular weight is 494 g/mol. The monoisotopic (exact) mass is 493 g/mol. The predicted molar refractivity (Wildman–Crippen MR) is 130 cm³/mol. The molecule has 9 nitrogen and oxygen atoms in total. The normalized spacial score (nSPS) is 17.3. The second-order valence-corrected chi connectivity index (χ2v) is 9.42. The van der Waals surface area contributed by atoms with E-state index in [4.69, 9.17) is 9.47 Å². The number of hydrogen-bond acceptors (Lipinski definition) is 7. The van der Waals surface area contributed by atoms with Crippen LogP contribution in [0.3, 0.4) is 0 Å². The van der Waals surface area contributed by atoms with E-state index in [0.29, 0.717) is 49.3 Å². The summed E-state index contributed by atoms with van der Waals surface area (Å²) < 4.78 is 13.5. The van der Waals surface area contributed by atoms with Crippen LogP contribution < -0.4 is 9.47 Å². The van der Waals surface area contributed by atoms with Gasteiger partial charge in [0.1, 0.15) is 12.4 Å². The number of thioether (sulfide) groups is 1. The molecule has 0 spiro atoms. The number of benzene rings is 2. The van der Waals surface area contributed by atoms with Crippen molar-refractivity contribution >= 4 is 23.6 Å². The molecule has 2 aliphatic heterocycles. The summed E-state index contributed by atoms with van der Waals surface area (Å²) in [6.45, 7) is 2.13. The second-order valence-electron chi connectivity index (χ2n) is 8.48. The highest BCUT2D eigenvalue weighted by atomic mass is 32.2. The van der Waals surface area contributed by atoms with Gasteiger partial charge in [-0.1, -0.05) is 54.2 Å². The lowest BCUT2D eigenvalue weighted by Gasteiger charge is -2.37.